The van der Waals surface area contributed by atoms with Gasteiger partial charge in [-0.2, -0.15) is 0 Å². The minimum absolute atomic E-state index is 0.0488. The Kier molecular flexibility index (Phi) is 3.92. The van der Waals surface area contributed by atoms with E-state index in [1.165, 1.54) is 0 Å². The van der Waals surface area contributed by atoms with Gasteiger partial charge in [-0.3, -0.25) is 9.78 Å². The Balaban J connectivity index is 2.33. The molecule has 1 aromatic carbocycles. The van der Waals surface area contributed by atoms with Crippen LogP contribution in [-0.4, -0.2) is 29.4 Å². The molecule has 0 saturated carbocycles. The Hall–Kier alpha value is -1.90. The standard InChI is InChI=1S/C15H18N2O/c1-3-4-11-17(2)15(18)13-9-5-7-12-8-6-10-16-14(12)13/h5-10H,3-4,11H2,1-2H3. The number of rotatable bonds is 4. The lowest BCUT2D eigenvalue weighted by Crippen LogP contribution is -2.27. The van der Waals surface area contributed by atoms with Gasteiger partial charge in [0, 0.05) is 25.2 Å². The molecule has 0 unspecified atom stereocenters. The van der Waals surface area contributed by atoms with E-state index in [-0.39, 0.29) is 5.91 Å². The predicted molar refractivity (Wildman–Crippen MR) is 73.6 cm³/mol. The monoisotopic (exact) mass is 242 g/mol. The summed E-state index contributed by atoms with van der Waals surface area (Å²) in [5.41, 5.74) is 1.47. The first-order valence-corrected chi connectivity index (χ1v) is 6.33. The molecule has 0 spiro atoms. The van der Waals surface area contributed by atoms with Gasteiger partial charge in [0.1, 0.15) is 0 Å². The van der Waals surface area contributed by atoms with Crippen LogP contribution in [0.25, 0.3) is 10.9 Å². The summed E-state index contributed by atoms with van der Waals surface area (Å²) >= 11 is 0. The van der Waals surface area contributed by atoms with Crippen molar-refractivity contribution in [3.05, 3.63) is 42.1 Å². The first-order valence-electron chi connectivity index (χ1n) is 6.33. The van der Waals surface area contributed by atoms with E-state index in [0.717, 1.165) is 30.3 Å². The van der Waals surface area contributed by atoms with Crippen molar-refractivity contribution in [2.45, 2.75) is 19.8 Å². The summed E-state index contributed by atoms with van der Waals surface area (Å²) < 4.78 is 0. The molecular weight excluding hydrogens is 224 g/mol. The molecule has 0 fully saturated rings. The molecule has 0 bridgehead atoms. The molecule has 0 aliphatic rings. The molecule has 0 aliphatic carbocycles. The van der Waals surface area contributed by atoms with Gasteiger partial charge in [-0.1, -0.05) is 31.5 Å². The Labute approximate surface area is 107 Å². The normalized spacial score (nSPS) is 10.6. The van der Waals surface area contributed by atoms with Crippen molar-refractivity contribution in [3.8, 4) is 0 Å². The number of carbonyl (C=O) groups excluding carboxylic acids is 1. The Bertz CT molecular complexity index is 546. The maximum atomic E-state index is 12.4. The summed E-state index contributed by atoms with van der Waals surface area (Å²) in [5, 5.41) is 1.01. The second-order valence-corrected chi connectivity index (χ2v) is 4.46. The molecule has 2 aromatic rings. The molecule has 2 rings (SSSR count). The Morgan fingerprint density at radius 2 is 2.06 bits per heavy atom. The van der Waals surface area contributed by atoms with Crippen molar-refractivity contribution in [2.24, 2.45) is 0 Å². The lowest BCUT2D eigenvalue weighted by Gasteiger charge is -2.17. The van der Waals surface area contributed by atoms with Crippen molar-refractivity contribution >= 4 is 16.8 Å². The van der Waals surface area contributed by atoms with E-state index in [9.17, 15) is 4.79 Å². The van der Waals surface area contributed by atoms with E-state index in [2.05, 4.69) is 11.9 Å². The highest BCUT2D eigenvalue weighted by atomic mass is 16.2. The second kappa shape index (κ2) is 5.63. The van der Waals surface area contributed by atoms with Crippen LogP contribution in [0.5, 0.6) is 0 Å². The minimum Gasteiger partial charge on any atom is -0.342 e. The highest BCUT2D eigenvalue weighted by Crippen LogP contribution is 2.17. The van der Waals surface area contributed by atoms with Crippen molar-refractivity contribution < 1.29 is 4.79 Å². The number of unbranched alkanes of at least 4 members (excludes halogenated alkanes) is 1. The van der Waals surface area contributed by atoms with Crippen molar-refractivity contribution in [1.29, 1.82) is 0 Å². The van der Waals surface area contributed by atoms with Gasteiger partial charge in [0.15, 0.2) is 0 Å². The number of para-hydroxylation sites is 1. The molecule has 94 valence electrons. The number of hydrogen-bond donors (Lipinski definition) is 0. The van der Waals surface area contributed by atoms with Gasteiger partial charge < -0.3 is 4.90 Å². The summed E-state index contributed by atoms with van der Waals surface area (Å²) in [4.78, 5) is 18.4. The molecule has 0 atom stereocenters. The third-order valence-corrected chi connectivity index (χ3v) is 3.06. The first kappa shape index (κ1) is 12.6. The zero-order valence-corrected chi connectivity index (χ0v) is 10.9. The summed E-state index contributed by atoms with van der Waals surface area (Å²) in [5.74, 6) is 0.0488. The fourth-order valence-corrected chi connectivity index (χ4v) is 1.98. The van der Waals surface area contributed by atoms with E-state index in [1.807, 2.05) is 37.4 Å². The number of carbonyl (C=O) groups is 1. The highest BCUT2D eigenvalue weighted by molar-refractivity contribution is 6.05. The van der Waals surface area contributed by atoms with Gasteiger partial charge in [0.25, 0.3) is 5.91 Å². The van der Waals surface area contributed by atoms with Crippen molar-refractivity contribution in [3.63, 3.8) is 0 Å². The number of aromatic nitrogens is 1. The fourth-order valence-electron chi connectivity index (χ4n) is 1.98. The molecule has 0 N–H and O–H groups in total. The van der Waals surface area contributed by atoms with E-state index in [1.54, 1.807) is 11.1 Å². The van der Waals surface area contributed by atoms with E-state index < -0.39 is 0 Å². The molecular formula is C15H18N2O. The molecule has 3 nitrogen and oxygen atoms in total. The van der Waals surface area contributed by atoms with Crippen molar-refractivity contribution in [2.75, 3.05) is 13.6 Å². The maximum absolute atomic E-state index is 12.4. The van der Waals surface area contributed by atoms with Crippen LogP contribution in [0.4, 0.5) is 0 Å². The smallest absolute Gasteiger partial charge is 0.255 e. The molecule has 1 aromatic heterocycles. The van der Waals surface area contributed by atoms with Gasteiger partial charge in [-0.15, -0.1) is 0 Å². The summed E-state index contributed by atoms with van der Waals surface area (Å²) in [6.45, 7) is 2.91. The quantitative estimate of drug-likeness (QED) is 0.825. The molecule has 0 radical (unpaired) electrons. The second-order valence-electron chi connectivity index (χ2n) is 4.46. The maximum Gasteiger partial charge on any atom is 0.255 e. The van der Waals surface area contributed by atoms with E-state index in [4.69, 9.17) is 0 Å². The lowest BCUT2D eigenvalue weighted by molar-refractivity contribution is 0.0795. The van der Waals surface area contributed by atoms with Gasteiger partial charge >= 0.3 is 0 Å². The van der Waals surface area contributed by atoms with Crippen LogP contribution in [0.3, 0.4) is 0 Å². The summed E-state index contributed by atoms with van der Waals surface area (Å²) in [6, 6.07) is 9.60. The third-order valence-electron chi connectivity index (χ3n) is 3.06. The molecule has 0 saturated heterocycles. The average Bonchev–Trinajstić information content (AvgIpc) is 2.43. The van der Waals surface area contributed by atoms with Crippen LogP contribution in [0.1, 0.15) is 30.1 Å². The largest absolute Gasteiger partial charge is 0.342 e. The summed E-state index contributed by atoms with van der Waals surface area (Å²) in [6.07, 6.45) is 3.84. The van der Waals surface area contributed by atoms with E-state index in [0.29, 0.717) is 5.56 Å². The number of hydrogen-bond acceptors (Lipinski definition) is 2. The van der Waals surface area contributed by atoms with Crippen LogP contribution in [0.15, 0.2) is 36.5 Å². The number of pyridine rings is 1. The number of benzene rings is 1. The minimum atomic E-state index is 0.0488. The molecule has 1 heterocycles. The van der Waals surface area contributed by atoms with Crippen LogP contribution in [-0.2, 0) is 0 Å². The van der Waals surface area contributed by atoms with Crippen LogP contribution < -0.4 is 0 Å². The highest BCUT2D eigenvalue weighted by Gasteiger charge is 2.14. The average molecular weight is 242 g/mol. The van der Waals surface area contributed by atoms with Crippen LogP contribution >= 0.6 is 0 Å². The van der Waals surface area contributed by atoms with Crippen LogP contribution in [0.2, 0.25) is 0 Å². The third kappa shape index (κ3) is 2.50. The Morgan fingerprint density at radius 3 is 2.83 bits per heavy atom. The first-order chi connectivity index (χ1) is 8.74. The van der Waals surface area contributed by atoms with Crippen molar-refractivity contribution in [1.82, 2.24) is 9.88 Å². The fraction of sp³-hybridized carbons (Fsp3) is 0.333. The SMILES string of the molecule is CCCCN(C)C(=O)c1cccc2cccnc12. The zero-order valence-electron chi connectivity index (χ0n) is 10.9. The summed E-state index contributed by atoms with van der Waals surface area (Å²) in [7, 11) is 1.85. The number of nitrogens with zero attached hydrogens (tertiary/aromatic N) is 2. The number of fused-ring (bicyclic) bond motifs is 1. The van der Waals surface area contributed by atoms with Crippen LogP contribution in [0, 0.1) is 0 Å². The zero-order chi connectivity index (χ0) is 13.0. The Morgan fingerprint density at radius 1 is 1.28 bits per heavy atom. The predicted octanol–water partition coefficient (Wildman–Crippen LogP) is 3.11. The van der Waals surface area contributed by atoms with Gasteiger partial charge in [-0.25, -0.2) is 0 Å². The molecule has 3 heteroatoms. The van der Waals surface area contributed by atoms with Gasteiger partial charge in [-0.05, 0) is 18.6 Å². The topological polar surface area (TPSA) is 33.2 Å². The molecule has 18 heavy (non-hydrogen) atoms. The molecule has 0 aliphatic heterocycles. The lowest BCUT2D eigenvalue weighted by atomic mass is 10.1. The molecule has 1 amide bonds. The van der Waals surface area contributed by atoms with Gasteiger partial charge in [0.2, 0.25) is 0 Å². The van der Waals surface area contributed by atoms with Gasteiger partial charge in [0.05, 0.1) is 11.1 Å². The number of amides is 1. The van der Waals surface area contributed by atoms with E-state index >= 15 is 0 Å².